The number of hydrogen-bond donors (Lipinski definition) is 2. The van der Waals surface area contributed by atoms with Crippen molar-refractivity contribution in [1.29, 1.82) is 0 Å². The van der Waals surface area contributed by atoms with E-state index < -0.39 is 32.7 Å². The van der Waals surface area contributed by atoms with Crippen molar-refractivity contribution >= 4 is 33.2 Å². The van der Waals surface area contributed by atoms with E-state index in [1.54, 1.807) is 44.2 Å². The SMILES string of the molecule is C[C@@H]1[C@@H](C)C/C=C/[C@](O)(c2ccc(F)nc2)[C@@H]2CC[C@H]2CN2C[C@@]3(CCCc4cc(Cl)ccc43)COc3ccc(cc32)C(=O)NS1(=O)=O. The van der Waals surface area contributed by atoms with Gasteiger partial charge in [-0.25, -0.2) is 18.1 Å². The first-order chi connectivity index (χ1) is 22.9. The van der Waals surface area contributed by atoms with Crippen molar-refractivity contribution in [2.75, 3.05) is 24.6 Å². The van der Waals surface area contributed by atoms with E-state index in [9.17, 15) is 22.7 Å². The molecule has 1 fully saturated rings. The number of nitrogens with one attached hydrogen (secondary N) is 1. The molecule has 1 amide bonds. The fourth-order valence-electron chi connectivity index (χ4n) is 8.19. The minimum absolute atomic E-state index is 0.0445. The van der Waals surface area contributed by atoms with Gasteiger partial charge >= 0.3 is 0 Å². The Kier molecular flexibility index (Phi) is 8.57. The van der Waals surface area contributed by atoms with E-state index in [2.05, 4.69) is 20.7 Å². The molecule has 1 saturated carbocycles. The second-order valence-electron chi connectivity index (χ2n) is 14.2. The molecule has 1 aromatic heterocycles. The molecule has 2 aliphatic carbocycles. The van der Waals surface area contributed by atoms with Crippen molar-refractivity contribution in [3.63, 3.8) is 0 Å². The van der Waals surface area contributed by atoms with Crippen LogP contribution in [0, 0.1) is 23.7 Å². The number of halogens is 2. The number of aryl methyl sites for hydroxylation is 1. The van der Waals surface area contributed by atoms with Crippen molar-refractivity contribution < 1.29 is 27.4 Å². The Balaban J connectivity index is 1.35. The van der Waals surface area contributed by atoms with Crippen molar-refractivity contribution in [2.45, 2.75) is 68.6 Å². The van der Waals surface area contributed by atoms with Crippen molar-refractivity contribution in [2.24, 2.45) is 17.8 Å². The van der Waals surface area contributed by atoms with Crippen LogP contribution in [-0.4, -0.2) is 49.4 Å². The maximum absolute atomic E-state index is 13.9. The Morgan fingerprint density at radius 1 is 1.12 bits per heavy atom. The van der Waals surface area contributed by atoms with Gasteiger partial charge in [0.1, 0.15) is 11.4 Å². The lowest BCUT2D eigenvalue weighted by Gasteiger charge is -2.49. The molecular weight excluding hydrogens is 653 g/mol. The Hall–Kier alpha value is -3.47. The van der Waals surface area contributed by atoms with Crippen LogP contribution in [0.2, 0.25) is 5.02 Å². The average Bonchev–Trinajstić information content (AvgIpc) is 3.19. The van der Waals surface area contributed by atoms with Gasteiger partial charge in [-0.2, -0.15) is 4.39 Å². The summed E-state index contributed by atoms with van der Waals surface area (Å²) in [5.41, 5.74) is 2.03. The summed E-state index contributed by atoms with van der Waals surface area (Å²) >= 11 is 6.42. The second-order valence-corrected chi connectivity index (χ2v) is 16.7. The monoisotopic (exact) mass is 693 g/mol. The Morgan fingerprint density at radius 3 is 2.71 bits per heavy atom. The molecule has 3 aromatic rings. The van der Waals surface area contributed by atoms with Gasteiger partial charge in [-0.15, -0.1) is 0 Å². The molecule has 0 saturated heterocycles. The molecule has 2 aliphatic heterocycles. The number of ether oxygens (including phenoxy) is 1. The smallest absolute Gasteiger partial charge is 0.264 e. The summed E-state index contributed by atoms with van der Waals surface area (Å²) in [5, 5.41) is 12.3. The summed E-state index contributed by atoms with van der Waals surface area (Å²) < 4.78 is 49.6. The second kappa shape index (κ2) is 12.4. The molecule has 11 heteroatoms. The largest absolute Gasteiger partial charge is 0.490 e. The lowest BCUT2D eigenvalue weighted by Crippen LogP contribution is -2.51. The molecule has 6 atom stereocenters. The highest BCUT2D eigenvalue weighted by Gasteiger charge is 2.49. The maximum atomic E-state index is 13.9. The molecule has 0 radical (unpaired) electrons. The predicted molar refractivity (Wildman–Crippen MR) is 183 cm³/mol. The van der Waals surface area contributed by atoms with Gasteiger partial charge in [-0.3, -0.25) is 4.79 Å². The van der Waals surface area contributed by atoms with Crippen molar-refractivity contribution in [3.8, 4) is 5.75 Å². The van der Waals surface area contributed by atoms with E-state index in [1.165, 1.54) is 23.4 Å². The molecule has 2 aromatic carbocycles. The fraction of sp³-hybridized carbons (Fsp3) is 0.459. The van der Waals surface area contributed by atoms with Gasteiger partial charge in [-0.1, -0.05) is 36.7 Å². The third-order valence-corrected chi connectivity index (χ3v) is 13.5. The first-order valence-electron chi connectivity index (χ1n) is 16.8. The van der Waals surface area contributed by atoms with Crippen LogP contribution in [0.5, 0.6) is 5.75 Å². The molecule has 8 nitrogen and oxygen atoms in total. The van der Waals surface area contributed by atoms with Crippen molar-refractivity contribution in [1.82, 2.24) is 9.71 Å². The van der Waals surface area contributed by atoms with E-state index in [-0.39, 0.29) is 28.7 Å². The number of aliphatic hydroxyl groups is 1. The molecule has 3 heterocycles. The Bertz CT molecular complexity index is 1870. The van der Waals surface area contributed by atoms with Crippen molar-refractivity contribution in [3.05, 3.63) is 100 Å². The van der Waals surface area contributed by atoms with E-state index in [4.69, 9.17) is 16.3 Å². The number of anilines is 1. The minimum Gasteiger partial charge on any atom is -0.490 e. The normalized spacial score (nSPS) is 32.1. The molecule has 1 spiro atoms. The van der Waals surface area contributed by atoms with Crippen LogP contribution in [0.15, 0.2) is 66.9 Å². The molecule has 2 bridgehead atoms. The third-order valence-electron chi connectivity index (χ3n) is 11.3. The van der Waals surface area contributed by atoms with Crippen LogP contribution < -0.4 is 14.4 Å². The van der Waals surface area contributed by atoms with Gasteiger partial charge in [-0.05, 0) is 111 Å². The van der Waals surface area contributed by atoms with Gasteiger partial charge in [0.05, 0.1) is 17.5 Å². The van der Waals surface area contributed by atoms with Crippen LogP contribution in [0.25, 0.3) is 0 Å². The highest BCUT2D eigenvalue weighted by atomic mass is 35.5. The lowest BCUT2D eigenvalue weighted by molar-refractivity contribution is -0.0503. The van der Waals surface area contributed by atoms with E-state index >= 15 is 0 Å². The number of hydrogen-bond acceptors (Lipinski definition) is 7. The zero-order valence-corrected chi connectivity index (χ0v) is 28.7. The number of aromatic nitrogens is 1. The highest BCUT2D eigenvalue weighted by molar-refractivity contribution is 7.90. The number of carbonyl (C=O) groups excluding carboxylic acids is 1. The van der Waals surface area contributed by atoms with Gasteiger partial charge in [0.25, 0.3) is 5.91 Å². The zero-order valence-electron chi connectivity index (χ0n) is 27.2. The van der Waals surface area contributed by atoms with Crippen LogP contribution in [0.4, 0.5) is 10.1 Å². The quantitative estimate of drug-likeness (QED) is 0.227. The maximum Gasteiger partial charge on any atom is 0.264 e. The van der Waals surface area contributed by atoms with E-state index in [0.717, 1.165) is 32.1 Å². The Morgan fingerprint density at radius 2 is 1.96 bits per heavy atom. The molecule has 0 unspecified atom stereocenters. The lowest BCUT2D eigenvalue weighted by atomic mass is 9.62. The first kappa shape index (κ1) is 33.0. The van der Waals surface area contributed by atoms with Gasteiger partial charge in [0, 0.05) is 46.8 Å². The summed E-state index contributed by atoms with van der Waals surface area (Å²) in [5.74, 6) is -1.23. The molecule has 2 N–H and O–H groups in total. The zero-order chi connectivity index (χ0) is 33.8. The summed E-state index contributed by atoms with van der Waals surface area (Å²) in [4.78, 5) is 19.6. The van der Waals surface area contributed by atoms with E-state index in [1.807, 2.05) is 18.2 Å². The molecule has 4 aliphatic rings. The summed E-state index contributed by atoms with van der Waals surface area (Å²) in [7, 11) is -4.03. The number of fused-ring (bicyclic) bond motifs is 4. The standard InChI is InChI=1S/C37H41ClFN3O5S/c1-23-5-3-16-37(44,28-9-14-34(39)40-19-28)31-11-7-27(31)20-42-21-36(15-4-6-25-17-29(38)10-12-30(25)36)22-47-33-13-8-26(18-32(33)42)35(43)41-48(45,46)24(23)2/h3,8-10,12-14,16-19,23-24,27,31,44H,4-7,11,15,20-22H2,1-2H3,(H,41,43)/b16-3+/t23-,24+,27-,31+,36-,37-/m0/s1. The van der Waals surface area contributed by atoms with Gasteiger partial charge < -0.3 is 14.7 Å². The number of sulfonamides is 1. The molecule has 7 rings (SSSR count). The number of amides is 1. The highest BCUT2D eigenvalue weighted by Crippen LogP contribution is 2.50. The summed E-state index contributed by atoms with van der Waals surface area (Å²) in [6.07, 6.45) is 9.69. The van der Waals surface area contributed by atoms with E-state index in [0.29, 0.717) is 48.1 Å². The summed E-state index contributed by atoms with van der Waals surface area (Å²) in [6, 6.07) is 14.0. The van der Waals surface area contributed by atoms with Crippen LogP contribution in [0.3, 0.4) is 0 Å². The topological polar surface area (TPSA) is 109 Å². The van der Waals surface area contributed by atoms with Crippen LogP contribution in [0.1, 0.15) is 73.0 Å². The number of rotatable bonds is 1. The Labute approximate surface area is 286 Å². The number of allylic oxidation sites excluding steroid dienone is 1. The minimum atomic E-state index is -4.03. The molecule has 254 valence electrons. The summed E-state index contributed by atoms with van der Waals surface area (Å²) in [6.45, 7) is 4.98. The molecule has 48 heavy (non-hydrogen) atoms. The average molecular weight is 694 g/mol. The molecular formula is C37H41ClFN3O5S. The number of nitrogens with zero attached hydrogens (tertiary/aromatic N) is 2. The first-order valence-corrected chi connectivity index (χ1v) is 18.7. The van der Waals surface area contributed by atoms with Crippen LogP contribution in [-0.2, 0) is 27.5 Å². The van der Waals surface area contributed by atoms with Gasteiger partial charge in [0.15, 0.2) is 0 Å². The number of carbonyl (C=O) groups is 1. The number of benzene rings is 2. The van der Waals surface area contributed by atoms with Crippen LogP contribution >= 0.6 is 11.6 Å². The third kappa shape index (κ3) is 5.90. The fourth-order valence-corrected chi connectivity index (χ4v) is 9.67. The van der Waals surface area contributed by atoms with Gasteiger partial charge in [0.2, 0.25) is 16.0 Å². The number of pyridine rings is 1. The predicted octanol–water partition coefficient (Wildman–Crippen LogP) is 6.31.